The molecule has 0 spiro atoms. The molecule has 0 aliphatic rings. The van der Waals surface area contributed by atoms with Gasteiger partial charge in [-0.15, -0.1) is 11.3 Å². The summed E-state index contributed by atoms with van der Waals surface area (Å²) in [7, 11) is 0. The first-order chi connectivity index (χ1) is 6.59. The molecular formula is C9H6ClO2S2-. The van der Waals surface area contributed by atoms with E-state index in [0.29, 0.717) is 9.23 Å². The Kier molecular flexibility index (Phi) is 2.62. The van der Waals surface area contributed by atoms with Crippen LogP contribution in [0, 0.1) is 6.92 Å². The summed E-state index contributed by atoms with van der Waals surface area (Å²) in [5.74, 6) is 0. The first-order valence-corrected chi connectivity index (χ1v) is 6.14. The van der Waals surface area contributed by atoms with Gasteiger partial charge < -0.3 is 4.55 Å². The van der Waals surface area contributed by atoms with Gasteiger partial charge >= 0.3 is 0 Å². The van der Waals surface area contributed by atoms with E-state index in [1.807, 2.05) is 6.07 Å². The summed E-state index contributed by atoms with van der Waals surface area (Å²) in [6, 6.07) is 5.39. The maximum Gasteiger partial charge on any atom is 0.0813 e. The summed E-state index contributed by atoms with van der Waals surface area (Å²) >= 11 is 4.95. The third-order valence-corrected chi connectivity index (χ3v) is 4.58. The largest absolute Gasteiger partial charge is 0.768 e. The average Bonchev–Trinajstić information content (AvgIpc) is 2.44. The molecule has 14 heavy (non-hydrogen) atoms. The minimum atomic E-state index is -2.15. The van der Waals surface area contributed by atoms with Gasteiger partial charge in [-0.3, -0.25) is 4.21 Å². The molecule has 1 aromatic carbocycles. The lowest BCUT2D eigenvalue weighted by molar-refractivity contribution is 0.539. The van der Waals surface area contributed by atoms with Crippen molar-refractivity contribution in [2.75, 3.05) is 0 Å². The molecule has 0 amide bonds. The van der Waals surface area contributed by atoms with Crippen LogP contribution in [0.1, 0.15) is 5.56 Å². The Bertz CT molecular complexity index is 519. The van der Waals surface area contributed by atoms with Gasteiger partial charge in [0.15, 0.2) is 0 Å². The molecule has 1 atom stereocenters. The highest BCUT2D eigenvalue weighted by Gasteiger charge is 2.08. The third-order valence-electron chi connectivity index (χ3n) is 2.01. The molecule has 1 heterocycles. The molecule has 74 valence electrons. The van der Waals surface area contributed by atoms with E-state index in [-0.39, 0.29) is 0 Å². The standard InChI is InChI=1S/C9H7ClO2S2/c1-5-7-4-6(10)2-3-8(7)13-9(5)14(11)12/h2-4H,1H3,(H,11,12)/p-1. The Hall–Kier alpha value is -0.420. The lowest BCUT2D eigenvalue weighted by Crippen LogP contribution is -1.85. The van der Waals surface area contributed by atoms with Crippen LogP contribution in [0.2, 0.25) is 5.02 Å². The molecule has 0 N–H and O–H groups in total. The van der Waals surface area contributed by atoms with Crippen molar-refractivity contribution in [1.29, 1.82) is 0 Å². The quantitative estimate of drug-likeness (QED) is 0.725. The van der Waals surface area contributed by atoms with Crippen LogP contribution >= 0.6 is 22.9 Å². The van der Waals surface area contributed by atoms with Crippen LogP contribution in [0.3, 0.4) is 0 Å². The minimum Gasteiger partial charge on any atom is -0.768 e. The first-order valence-electron chi connectivity index (χ1n) is 3.87. The molecule has 2 aromatic rings. The highest BCUT2D eigenvalue weighted by Crippen LogP contribution is 2.34. The zero-order valence-electron chi connectivity index (χ0n) is 7.24. The van der Waals surface area contributed by atoms with E-state index in [0.717, 1.165) is 15.6 Å². The number of benzene rings is 1. The first kappa shape index (κ1) is 10.1. The van der Waals surface area contributed by atoms with Crippen LogP contribution in [0.25, 0.3) is 10.1 Å². The maximum absolute atomic E-state index is 10.9. The van der Waals surface area contributed by atoms with Crippen molar-refractivity contribution < 1.29 is 8.76 Å². The summed E-state index contributed by atoms with van der Waals surface area (Å²) in [6.45, 7) is 1.79. The zero-order valence-corrected chi connectivity index (χ0v) is 9.63. The molecule has 0 aliphatic heterocycles. The van der Waals surface area contributed by atoms with Crippen molar-refractivity contribution in [3.05, 3.63) is 28.8 Å². The predicted molar refractivity (Wildman–Crippen MR) is 58.8 cm³/mol. The van der Waals surface area contributed by atoms with Crippen LogP contribution in [0.4, 0.5) is 0 Å². The van der Waals surface area contributed by atoms with Gasteiger partial charge in [-0.25, -0.2) is 0 Å². The van der Waals surface area contributed by atoms with E-state index >= 15 is 0 Å². The molecule has 2 nitrogen and oxygen atoms in total. The number of halogens is 1. The average molecular weight is 246 g/mol. The lowest BCUT2D eigenvalue weighted by Gasteiger charge is -2.01. The molecule has 0 fully saturated rings. The highest BCUT2D eigenvalue weighted by molar-refractivity contribution is 7.82. The van der Waals surface area contributed by atoms with Crippen molar-refractivity contribution in [2.24, 2.45) is 0 Å². The van der Waals surface area contributed by atoms with Gasteiger partial charge in [0.2, 0.25) is 0 Å². The van der Waals surface area contributed by atoms with Gasteiger partial charge in [-0.2, -0.15) is 0 Å². The molecule has 0 saturated heterocycles. The van der Waals surface area contributed by atoms with E-state index in [2.05, 4.69) is 0 Å². The smallest absolute Gasteiger partial charge is 0.0813 e. The van der Waals surface area contributed by atoms with Crippen LogP contribution < -0.4 is 0 Å². The van der Waals surface area contributed by atoms with Gasteiger partial charge in [0, 0.05) is 9.72 Å². The molecule has 5 heteroatoms. The van der Waals surface area contributed by atoms with E-state index in [1.165, 1.54) is 11.3 Å². The fourth-order valence-electron chi connectivity index (χ4n) is 1.33. The summed E-state index contributed by atoms with van der Waals surface area (Å²) in [6.07, 6.45) is 0. The Balaban J connectivity index is 2.80. The molecule has 0 saturated carbocycles. The number of hydrogen-bond donors (Lipinski definition) is 0. The summed E-state index contributed by atoms with van der Waals surface area (Å²) in [4.78, 5) is 0. The molecular weight excluding hydrogens is 240 g/mol. The number of rotatable bonds is 1. The van der Waals surface area contributed by atoms with E-state index in [4.69, 9.17) is 11.6 Å². The van der Waals surface area contributed by atoms with Crippen molar-refractivity contribution in [3.8, 4) is 0 Å². The van der Waals surface area contributed by atoms with Crippen LogP contribution in [0.15, 0.2) is 22.4 Å². The SMILES string of the molecule is Cc1c(S(=O)[O-])sc2ccc(Cl)cc12. The normalized spacial score (nSPS) is 13.4. The second-order valence-electron chi connectivity index (χ2n) is 2.89. The molecule has 0 radical (unpaired) electrons. The van der Waals surface area contributed by atoms with Gasteiger partial charge in [0.25, 0.3) is 0 Å². The summed E-state index contributed by atoms with van der Waals surface area (Å²) in [5.41, 5.74) is 0.779. The number of hydrogen-bond acceptors (Lipinski definition) is 3. The van der Waals surface area contributed by atoms with Crippen LogP contribution in [-0.4, -0.2) is 8.76 Å². The predicted octanol–water partition coefficient (Wildman–Crippen LogP) is 3.10. The number of aryl methyl sites for hydroxylation is 1. The van der Waals surface area contributed by atoms with Gasteiger partial charge in [-0.05, 0) is 47.2 Å². The van der Waals surface area contributed by atoms with Gasteiger partial charge in [0.05, 0.1) is 4.21 Å². The minimum absolute atomic E-state index is 0.391. The summed E-state index contributed by atoms with van der Waals surface area (Å²) < 4.78 is 23.0. The number of thiophene rings is 1. The van der Waals surface area contributed by atoms with E-state index in [9.17, 15) is 8.76 Å². The van der Waals surface area contributed by atoms with Crippen LogP contribution in [0.5, 0.6) is 0 Å². The number of fused-ring (bicyclic) bond motifs is 1. The lowest BCUT2D eigenvalue weighted by atomic mass is 10.2. The van der Waals surface area contributed by atoms with Gasteiger partial charge in [0.1, 0.15) is 0 Å². The Morgan fingerprint density at radius 3 is 2.86 bits per heavy atom. The molecule has 1 unspecified atom stereocenters. The highest BCUT2D eigenvalue weighted by atomic mass is 35.5. The fraction of sp³-hybridized carbons (Fsp3) is 0.111. The molecule has 1 aromatic heterocycles. The van der Waals surface area contributed by atoms with Crippen molar-refractivity contribution in [1.82, 2.24) is 0 Å². The molecule has 2 rings (SSSR count). The maximum atomic E-state index is 10.9. The van der Waals surface area contributed by atoms with Crippen molar-refractivity contribution in [3.63, 3.8) is 0 Å². The van der Waals surface area contributed by atoms with Gasteiger partial charge in [-0.1, -0.05) is 11.6 Å². The molecule has 0 bridgehead atoms. The molecule has 0 aliphatic carbocycles. The van der Waals surface area contributed by atoms with Crippen LogP contribution in [-0.2, 0) is 11.1 Å². The Morgan fingerprint density at radius 2 is 2.21 bits per heavy atom. The van der Waals surface area contributed by atoms with Crippen molar-refractivity contribution in [2.45, 2.75) is 11.1 Å². The zero-order chi connectivity index (χ0) is 10.3. The monoisotopic (exact) mass is 245 g/mol. The Labute approximate surface area is 92.8 Å². The second kappa shape index (κ2) is 3.62. The topological polar surface area (TPSA) is 40.1 Å². The summed E-state index contributed by atoms with van der Waals surface area (Å²) in [5, 5.41) is 1.54. The fourth-order valence-corrected chi connectivity index (χ4v) is 3.32. The third kappa shape index (κ3) is 1.59. The van der Waals surface area contributed by atoms with E-state index in [1.54, 1.807) is 19.1 Å². The van der Waals surface area contributed by atoms with E-state index < -0.39 is 11.1 Å². The Morgan fingerprint density at radius 1 is 1.50 bits per heavy atom. The second-order valence-corrected chi connectivity index (χ2v) is 5.51. The van der Waals surface area contributed by atoms with Crippen molar-refractivity contribution >= 4 is 44.1 Å².